The molecule has 1 N–H and O–H groups in total. The number of fused-ring (bicyclic) bond motifs is 1. The van der Waals surface area contributed by atoms with Crippen LogP contribution < -0.4 is 10.1 Å². The highest BCUT2D eigenvalue weighted by Gasteiger charge is 2.18. The largest absolute Gasteiger partial charge is 0.483 e. The lowest BCUT2D eigenvalue weighted by atomic mass is 10.1. The Hall–Kier alpha value is -4.53. The number of aromatic nitrogens is 6. The average Bonchev–Trinajstić information content (AvgIpc) is 3.43. The lowest BCUT2D eigenvalue weighted by Crippen LogP contribution is -2.22. The lowest BCUT2D eigenvalue weighted by molar-refractivity contribution is -0.118. The summed E-state index contributed by atoms with van der Waals surface area (Å²) in [7, 11) is 0. The van der Waals surface area contributed by atoms with Gasteiger partial charge in [0.15, 0.2) is 18.1 Å². The van der Waals surface area contributed by atoms with Gasteiger partial charge in [-0.25, -0.2) is 14.6 Å². The third-order valence-electron chi connectivity index (χ3n) is 5.83. The van der Waals surface area contributed by atoms with Crippen molar-refractivity contribution in [2.45, 2.75) is 27.7 Å². The molecule has 0 saturated carbocycles. The maximum atomic E-state index is 12.7. The number of para-hydroxylation sites is 1. The van der Waals surface area contributed by atoms with Crippen molar-refractivity contribution in [2.75, 3.05) is 11.9 Å². The van der Waals surface area contributed by atoms with Gasteiger partial charge in [0, 0.05) is 6.07 Å². The number of hydrogen-bond acceptors (Lipinski definition) is 6. The molecule has 0 atom stereocenters. The third kappa shape index (κ3) is 4.35. The molecule has 9 nitrogen and oxygen atoms in total. The van der Waals surface area contributed by atoms with Gasteiger partial charge in [0.05, 0.1) is 23.0 Å². The number of ether oxygens (including phenoxy) is 1. The van der Waals surface area contributed by atoms with E-state index >= 15 is 0 Å². The van der Waals surface area contributed by atoms with E-state index in [4.69, 9.17) is 4.74 Å². The summed E-state index contributed by atoms with van der Waals surface area (Å²) in [4.78, 5) is 21.6. The smallest absolute Gasteiger partial charge is 0.263 e. The van der Waals surface area contributed by atoms with Crippen LogP contribution in [0.5, 0.6) is 5.75 Å². The highest BCUT2D eigenvalue weighted by atomic mass is 16.5. The van der Waals surface area contributed by atoms with Gasteiger partial charge in [0.1, 0.15) is 17.9 Å². The van der Waals surface area contributed by atoms with Gasteiger partial charge >= 0.3 is 0 Å². The number of benzene rings is 2. The van der Waals surface area contributed by atoms with Crippen LogP contribution in [0.3, 0.4) is 0 Å². The molecular weight excluding hydrogens is 442 g/mol. The summed E-state index contributed by atoms with van der Waals surface area (Å²) in [6.45, 7) is 7.80. The first-order valence-electron chi connectivity index (χ1n) is 11.2. The first kappa shape index (κ1) is 22.3. The van der Waals surface area contributed by atoms with Crippen molar-refractivity contribution in [3.05, 3.63) is 83.4 Å². The van der Waals surface area contributed by atoms with Gasteiger partial charge in [-0.1, -0.05) is 24.3 Å². The van der Waals surface area contributed by atoms with E-state index in [1.165, 1.54) is 17.5 Å². The second kappa shape index (κ2) is 9.02. The quantitative estimate of drug-likeness (QED) is 0.401. The predicted molar refractivity (Wildman–Crippen MR) is 133 cm³/mol. The van der Waals surface area contributed by atoms with Crippen LogP contribution in [0.25, 0.3) is 22.5 Å². The number of nitrogens with one attached hydrogen (secondary N) is 1. The lowest BCUT2D eigenvalue weighted by Gasteiger charge is -2.11. The van der Waals surface area contributed by atoms with Crippen LogP contribution in [0.2, 0.25) is 0 Å². The van der Waals surface area contributed by atoms with Gasteiger partial charge < -0.3 is 10.1 Å². The van der Waals surface area contributed by atoms with Gasteiger partial charge in [0.2, 0.25) is 0 Å². The SMILES string of the molecule is Cc1cc(NC(=O)COc2ccccc2C)n(-c2ncnc3c2cnn3-c2ccc(C)c(C)c2)n1. The number of nitrogens with zero attached hydrogens (tertiary/aromatic N) is 6. The average molecular weight is 468 g/mol. The van der Waals surface area contributed by atoms with Gasteiger partial charge in [-0.15, -0.1) is 0 Å². The van der Waals surface area contributed by atoms with Gasteiger partial charge in [-0.2, -0.15) is 14.9 Å². The summed E-state index contributed by atoms with van der Waals surface area (Å²) in [6, 6.07) is 15.5. The summed E-state index contributed by atoms with van der Waals surface area (Å²) >= 11 is 0. The summed E-state index contributed by atoms with van der Waals surface area (Å²) < 4.78 is 9.05. The van der Waals surface area contributed by atoms with Crippen molar-refractivity contribution in [1.82, 2.24) is 29.5 Å². The van der Waals surface area contributed by atoms with Crippen molar-refractivity contribution in [1.29, 1.82) is 0 Å². The van der Waals surface area contributed by atoms with E-state index in [-0.39, 0.29) is 12.5 Å². The molecule has 5 rings (SSSR count). The number of rotatable bonds is 6. The Morgan fingerprint density at radius 1 is 0.943 bits per heavy atom. The Labute approximate surface area is 202 Å². The molecule has 0 aliphatic rings. The summed E-state index contributed by atoms with van der Waals surface area (Å²) in [6.07, 6.45) is 3.19. The standard InChI is InChI=1S/C26H25N7O2/c1-16-9-10-20(11-18(16)3)32-25-21(13-29-32)26(28-15-27-25)33-23(12-19(4)31-33)30-24(34)14-35-22-8-6-5-7-17(22)2/h5-13,15H,14H2,1-4H3,(H,30,34). The topological polar surface area (TPSA) is 99.7 Å². The van der Waals surface area contributed by atoms with Crippen molar-refractivity contribution >= 4 is 22.8 Å². The minimum Gasteiger partial charge on any atom is -0.483 e. The molecular formula is C26H25N7O2. The van der Waals surface area contributed by atoms with Crippen molar-refractivity contribution in [3.63, 3.8) is 0 Å². The Morgan fingerprint density at radius 3 is 2.57 bits per heavy atom. The fraction of sp³-hybridized carbons (Fsp3) is 0.192. The molecule has 0 radical (unpaired) electrons. The molecule has 3 aromatic heterocycles. The van der Waals surface area contributed by atoms with Crippen LogP contribution in [-0.2, 0) is 4.79 Å². The van der Waals surface area contributed by atoms with Gasteiger partial charge in [0.25, 0.3) is 5.91 Å². The van der Waals surface area contributed by atoms with Gasteiger partial charge in [-0.05, 0) is 62.6 Å². The zero-order valence-corrected chi connectivity index (χ0v) is 20.0. The van der Waals surface area contributed by atoms with E-state index < -0.39 is 0 Å². The first-order chi connectivity index (χ1) is 16.9. The minimum absolute atomic E-state index is 0.126. The van der Waals surface area contributed by atoms with Crippen molar-refractivity contribution in [3.8, 4) is 17.3 Å². The van der Waals surface area contributed by atoms with Crippen molar-refractivity contribution < 1.29 is 9.53 Å². The summed E-state index contributed by atoms with van der Waals surface area (Å²) in [5.74, 6) is 1.38. The monoisotopic (exact) mass is 467 g/mol. The van der Waals surface area contributed by atoms with Crippen LogP contribution in [0, 0.1) is 27.7 Å². The molecule has 5 aromatic rings. The number of anilines is 1. The van der Waals surface area contributed by atoms with E-state index in [0.29, 0.717) is 28.4 Å². The zero-order chi connectivity index (χ0) is 24.5. The Bertz CT molecular complexity index is 1550. The van der Waals surface area contributed by atoms with E-state index in [1.54, 1.807) is 21.6 Å². The second-order valence-electron chi connectivity index (χ2n) is 8.44. The fourth-order valence-corrected chi connectivity index (χ4v) is 3.84. The van der Waals surface area contributed by atoms with Crippen LogP contribution in [0.1, 0.15) is 22.4 Å². The number of carbonyl (C=O) groups is 1. The van der Waals surface area contributed by atoms with Crippen LogP contribution in [0.15, 0.2) is 61.1 Å². The molecule has 176 valence electrons. The molecule has 0 aliphatic heterocycles. The van der Waals surface area contributed by atoms with Crippen LogP contribution in [0.4, 0.5) is 5.82 Å². The Kier molecular flexibility index (Phi) is 5.74. The molecule has 0 spiro atoms. The molecule has 0 unspecified atom stereocenters. The zero-order valence-electron chi connectivity index (χ0n) is 20.0. The predicted octanol–water partition coefficient (Wildman–Crippen LogP) is 4.25. The maximum absolute atomic E-state index is 12.7. The fourth-order valence-electron chi connectivity index (χ4n) is 3.84. The van der Waals surface area contributed by atoms with Crippen molar-refractivity contribution in [2.24, 2.45) is 0 Å². The molecule has 1 amide bonds. The van der Waals surface area contributed by atoms with E-state index in [9.17, 15) is 4.79 Å². The van der Waals surface area contributed by atoms with Crippen LogP contribution in [-0.4, -0.2) is 42.0 Å². The summed E-state index contributed by atoms with van der Waals surface area (Å²) in [5, 5.41) is 12.7. The normalized spacial score (nSPS) is 11.1. The molecule has 0 bridgehead atoms. The Balaban J connectivity index is 1.45. The maximum Gasteiger partial charge on any atom is 0.263 e. The molecule has 0 aliphatic carbocycles. The van der Waals surface area contributed by atoms with Crippen LogP contribution >= 0.6 is 0 Å². The van der Waals surface area contributed by atoms with Gasteiger partial charge in [-0.3, -0.25) is 4.79 Å². The first-order valence-corrected chi connectivity index (χ1v) is 11.2. The van der Waals surface area contributed by atoms with E-state index in [0.717, 1.165) is 16.9 Å². The summed E-state index contributed by atoms with van der Waals surface area (Å²) in [5.41, 5.74) is 5.62. The highest BCUT2D eigenvalue weighted by molar-refractivity contribution is 5.92. The molecule has 0 fully saturated rings. The number of hydrogen-bond donors (Lipinski definition) is 1. The van der Waals surface area contributed by atoms with E-state index in [1.807, 2.05) is 44.2 Å². The van der Waals surface area contributed by atoms with E-state index in [2.05, 4.69) is 51.5 Å². The third-order valence-corrected chi connectivity index (χ3v) is 5.83. The second-order valence-corrected chi connectivity index (χ2v) is 8.44. The number of carbonyl (C=O) groups excluding carboxylic acids is 1. The minimum atomic E-state index is -0.300. The number of amides is 1. The molecule has 0 saturated heterocycles. The molecule has 3 heterocycles. The molecule has 9 heteroatoms. The highest BCUT2D eigenvalue weighted by Crippen LogP contribution is 2.25. The molecule has 35 heavy (non-hydrogen) atoms. The number of aryl methyl sites for hydroxylation is 4. The Morgan fingerprint density at radius 2 is 1.77 bits per heavy atom. The molecule has 2 aromatic carbocycles.